The zero-order valence-corrected chi connectivity index (χ0v) is 16.6. The van der Waals surface area contributed by atoms with Crippen LogP contribution in [-0.2, 0) is 21.8 Å². The fourth-order valence-corrected chi connectivity index (χ4v) is 5.47. The molecule has 1 atom stereocenters. The minimum Gasteiger partial charge on any atom is -0.383 e. The van der Waals surface area contributed by atoms with Crippen LogP contribution in [0.3, 0.4) is 0 Å². The van der Waals surface area contributed by atoms with Gasteiger partial charge in [0, 0.05) is 30.9 Å². The van der Waals surface area contributed by atoms with E-state index in [2.05, 4.69) is 20.0 Å². The normalized spacial score (nSPS) is 13.2. The predicted molar refractivity (Wildman–Crippen MR) is 99.5 cm³/mol. The molecular weight excluding hydrogens is 374 g/mol. The largest absolute Gasteiger partial charge is 0.383 e. The van der Waals surface area contributed by atoms with Gasteiger partial charge in [0.1, 0.15) is 5.69 Å². The van der Waals surface area contributed by atoms with Crippen molar-refractivity contribution in [3.05, 3.63) is 40.7 Å². The van der Waals surface area contributed by atoms with Crippen molar-refractivity contribution in [3.63, 3.8) is 0 Å². The summed E-state index contributed by atoms with van der Waals surface area (Å²) in [5.74, 6) is 0. The van der Waals surface area contributed by atoms with E-state index in [4.69, 9.17) is 4.74 Å². The molecule has 26 heavy (non-hydrogen) atoms. The van der Waals surface area contributed by atoms with Crippen LogP contribution in [0.25, 0.3) is 10.6 Å². The minimum absolute atomic E-state index is 0.202. The average molecular weight is 396 g/mol. The molecule has 0 fully saturated rings. The van der Waals surface area contributed by atoms with Gasteiger partial charge in [-0.25, -0.2) is 8.42 Å². The Balaban J connectivity index is 1.92. The second-order valence-electron chi connectivity index (χ2n) is 5.98. The molecule has 0 radical (unpaired) electrons. The predicted octanol–water partition coefficient (Wildman–Crippen LogP) is 2.15. The van der Waals surface area contributed by atoms with Gasteiger partial charge >= 0.3 is 0 Å². The van der Waals surface area contributed by atoms with E-state index >= 15 is 0 Å². The number of ether oxygens (including phenoxy) is 1. The van der Waals surface area contributed by atoms with Gasteiger partial charge in [0.25, 0.3) is 0 Å². The van der Waals surface area contributed by atoms with Gasteiger partial charge in [-0.2, -0.15) is 14.9 Å². The Morgan fingerprint density at radius 1 is 1.38 bits per heavy atom. The molecule has 3 aromatic heterocycles. The SMILES string of the molecule is COCC(NS(=O)(=O)c1cc(-c2cc(C)[nH]n2)sc1C)c1ccnn1C. The molecule has 10 heteroatoms. The number of methoxy groups -OCH3 is 1. The van der Waals surface area contributed by atoms with E-state index in [0.29, 0.717) is 4.88 Å². The summed E-state index contributed by atoms with van der Waals surface area (Å²) in [6.07, 6.45) is 1.63. The Morgan fingerprint density at radius 3 is 2.73 bits per heavy atom. The molecule has 0 aliphatic rings. The van der Waals surface area contributed by atoms with Crippen molar-refractivity contribution in [1.29, 1.82) is 0 Å². The summed E-state index contributed by atoms with van der Waals surface area (Å²) in [6, 6.07) is 4.78. The molecule has 3 aromatic rings. The van der Waals surface area contributed by atoms with Crippen molar-refractivity contribution < 1.29 is 13.2 Å². The number of sulfonamides is 1. The van der Waals surface area contributed by atoms with E-state index in [0.717, 1.165) is 22.0 Å². The van der Waals surface area contributed by atoms with Gasteiger partial charge in [0.05, 0.1) is 28.1 Å². The molecule has 1 unspecified atom stereocenters. The summed E-state index contributed by atoms with van der Waals surface area (Å²) in [4.78, 5) is 1.76. The number of aromatic nitrogens is 4. The molecule has 0 saturated heterocycles. The summed E-state index contributed by atoms with van der Waals surface area (Å²) in [7, 11) is -0.437. The standard InChI is InChI=1S/C16H21N5O3S2/c1-10-7-12(19-18-10)15-8-16(11(2)25-15)26(22,23)20-13(9-24-4)14-5-6-17-21(14)3/h5-8,13,20H,9H2,1-4H3,(H,18,19). The third-order valence-electron chi connectivity index (χ3n) is 3.97. The van der Waals surface area contributed by atoms with Crippen LogP contribution in [0.5, 0.6) is 0 Å². The van der Waals surface area contributed by atoms with Gasteiger partial charge in [-0.05, 0) is 32.0 Å². The minimum atomic E-state index is -3.73. The maximum Gasteiger partial charge on any atom is 0.242 e. The van der Waals surface area contributed by atoms with Gasteiger partial charge < -0.3 is 4.74 Å². The van der Waals surface area contributed by atoms with E-state index in [9.17, 15) is 8.42 Å². The van der Waals surface area contributed by atoms with Crippen molar-refractivity contribution in [3.8, 4) is 10.6 Å². The molecule has 0 aromatic carbocycles. The number of nitrogens with zero attached hydrogens (tertiary/aromatic N) is 3. The monoisotopic (exact) mass is 395 g/mol. The maximum absolute atomic E-state index is 13.0. The van der Waals surface area contributed by atoms with E-state index in [-0.39, 0.29) is 11.5 Å². The zero-order chi connectivity index (χ0) is 18.9. The lowest BCUT2D eigenvalue weighted by molar-refractivity contribution is 0.172. The molecule has 2 N–H and O–H groups in total. The van der Waals surface area contributed by atoms with Crippen LogP contribution in [0.2, 0.25) is 0 Å². The fraction of sp³-hybridized carbons (Fsp3) is 0.375. The second-order valence-corrected chi connectivity index (χ2v) is 8.91. The van der Waals surface area contributed by atoms with E-state index in [1.807, 2.05) is 13.0 Å². The van der Waals surface area contributed by atoms with Crippen LogP contribution in [0.1, 0.15) is 22.3 Å². The molecule has 0 spiro atoms. The Morgan fingerprint density at radius 2 is 2.15 bits per heavy atom. The first-order valence-electron chi connectivity index (χ1n) is 7.94. The number of hydrogen-bond acceptors (Lipinski definition) is 6. The lowest BCUT2D eigenvalue weighted by Crippen LogP contribution is -2.32. The molecular formula is C16H21N5O3S2. The number of aromatic amines is 1. The van der Waals surface area contributed by atoms with Crippen LogP contribution in [0, 0.1) is 13.8 Å². The Bertz CT molecular complexity index is 1000. The summed E-state index contributed by atoms with van der Waals surface area (Å²) in [5, 5.41) is 11.2. The van der Waals surface area contributed by atoms with Crippen LogP contribution in [0.4, 0.5) is 0 Å². The molecule has 0 amide bonds. The third kappa shape index (κ3) is 3.73. The maximum atomic E-state index is 13.0. The van der Waals surface area contributed by atoms with Crippen LogP contribution < -0.4 is 4.72 Å². The highest BCUT2D eigenvalue weighted by molar-refractivity contribution is 7.89. The van der Waals surface area contributed by atoms with Gasteiger partial charge in [-0.15, -0.1) is 11.3 Å². The number of hydrogen-bond donors (Lipinski definition) is 2. The quantitative estimate of drug-likeness (QED) is 0.638. The molecule has 140 valence electrons. The number of thiophene rings is 1. The smallest absolute Gasteiger partial charge is 0.242 e. The zero-order valence-electron chi connectivity index (χ0n) is 15.0. The Labute approximate surface area is 156 Å². The summed E-state index contributed by atoms with van der Waals surface area (Å²) < 4.78 is 35.5. The van der Waals surface area contributed by atoms with Crippen molar-refractivity contribution in [1.82, 2.24) is 24.7 Å². The van der Waals surface area contributed by atoms with Gasteiger partial charge in [-0.3, -0.25) is 9.78 Å². The Kier molecular flexibility index (Phi) is 5.28. The number of rotatable bonds is 7. The van der Waals surface area contributed by atoms with Crippen LogP contribution in [0.15, 0.2) is 29.3 Å². The van der Waals surface area contributed by atoms with Crippen molar-refractivity contribution >= 4 is 21.4 Å². The number of H-pyrrole nitrogens is 1. The van der Waals surface area contributed by atoms with Crippen LogP contribution >= 0.6 is 11.3 Å². The first kappa shape index (κ1) is 18.8. The van der Waals surface area contributed by atoms with Gasteiger partial charge in [0.2, 0.25) is 10.0 Å². The third-order valence-corrected chi connectivity index (χ3v) is 6.77. The molecule has 8 nitrogen and oxygen atoms in total. The molecule has 0 aliphatic carbocycles. The average Bonchev–Trinajstić information content (AvgIpc) is 3.27. The molecule has 3 rings (SSSR count). The highest BCUT2D eigenvalue weighted by Gasteiger charge is 2.26. The highest BCUT2D eigenvalue weighted by atomic mass is 32.2. The van der Waals surface area contributed by atoms with Crippen LogP contribution in [-0.4, -0.2) is 42.1 Å². The summed E-state index contributed by atoms with van der Waals surface area (Å²) in [5.41, 5.74) is 2.38. The summed E-state index contributed by atoms with van der Waals surface area (Å²) >= 11 is 1.40. The first-order valence-corrected chi connectivity index (χ1v) is 10.2. The Hall–Kier alpha value is -2.01. The first-order chi connectivity index (χ1) is 12.3. The molecule has 3 heterocycles. The summed E-state index contributed by atoms with van der Waals surface area (Å²) in [6.45, 7) is 3.89. The van der Waals surface area contributed by atoms with Gasteiger partial charge in [0.15, 0.2) is 0 Å². The molecule has 0 saturated carbocycles. The second kappa shape index (κ2) is 7.31. The lowest BCUT2D eigenvalue weighted by Gasteiger charge is -2.18. The number of nitrogens with one attached hydrogen (secondary N) is 2. The fourth-order valence-electron chi connectivity index (χ4n) is 2.73. The van der Waals surface area contributed by atoms with Crippen molar-refractivity contribution in [2.45, 2.75) is 24.8 Å². The van der Waals surface area contributed by atoms with E-state index < -0.39 is 16.1 Å². The lowest BCUT2D eigenvalue weighted by atomic mass is 10.2. The van der Waals surface area contributed by atoms with Crippen molar-refractivity contribution in [2.75, 3.05) is 13.7 Å². The van der Waals surface area contributed by atoms with Crippen molar-refractivity contribution in [2.24, 2.45) is 7.05 Å². The van der Waals surface area contributed by atoms with E-state index in [1.54, 1.807) is 37.0 Å². The number of aryl methyl sites for hydroxylation is 3. The molecule has 0 aliphatic heterocycles. The van der Waals surface area contributed by atoms with E-state index in [1.165, 1.54) is 18.4 Å². The topological polar surface area (TPSA) is 102 Å². The highest BCUT2D eigenvalue weighted by Crippen LogP contribution is 2.33. The van der Waals surface area contributed by atoms with Gasteiger partial charge in [-0.1, -0.05) is 0 Å². The molecule has 0 bridgehead atoms.